The van der Waals surface area contributed by atoms with Gasteiger partial charge in [-0.15, -0.1) is 10.1 Å². The van der Waals surface area contributed by atoms with Gasteiger partial charge < -0.3 is 25.1 Å². The summed E-state index contributed by atoms with van der Waals surface area (Å²) in [6, 6.07) is 5.26. The molecule has 0 bridgehead atoms. The van der Waals surface area contributed by atoms with Crippen molar-refractivity contribution in [2.45, 2.75) is 122 Å². The molecule has 1 saturated carbocycles. The van der Waals surface area contributed by atoms with Gasteiger partial charge in [0.25, 0.3) is 5.09 Å². The first-order valence-electron chi connectivity index (χ1n) is 15.5. The van der Waals surface area contributed by atoms with Crippen molar-refractivity contribution in [2.24, 2.45) is 11.8 Å². The van der Waals surface area contributed by atoms with Crippen LogP contribution in [-0.4, -0.2) is 51.2 Å². The van der Waals surface area contributed by atoms with Gasteiger partial charge in [-0.05, 0) is 75.0 Å². The van der Waals surface area contributed by atoms with E-state index in [1.807, 2.05) is 12.2 Å². The maximum Gasteiger partial charge on any atom is 0.333 e. The number of hydrogen-bond donors (Lipinski definition) is 3. The Morgan fingerprint density at radius 1 is 1.05 bits per heavy atom. The molecule has 0 spiro atoms. The second kappa shape index (κ2) is 19.8. The molecule has 2 rings (SSSR count). The number of amides is 1. The summed E-state index contributed by atoms with van der Waals surface area (Å²) < 4.78 is 5.27. The number of ether oxygens (including phenoxy) is 1. The number of aliphatic hydroxyl groups is 2. The van der Waals surface area contributed by atoms with Gasteiger partial charge in [-0.2, -0.15) is 0 Å². The van der Waals surface area contributed by atoms with Crippen molar-refractivity contribution < 1.29 is 39.3 Å². The Hall–Kier alpha value is -3.31. The molecule has 43 heavy (non-hydrogen) atoms. The zero-order chi connectivity index (χ0) is 31.6. The Bertz CT molecular complexity index is 1060. The molecular formula is C32H48N2O9. The first-order valence-corrected chi connectivity index (χ1v) is 15.5. The number of benzene rings is 1. The number of rotatable bonds is 21. The fourth-order valence-corrected chi connectivity index (χ4v) is 5.44. The number of carbonyl (C=O) groups excluding carboxylic acids is 3. The number of unbranched alkanes of at least 4 members (excludes halogenated alkanes) is 5. The molecule has 1 aliphatic rings. The minimum Gasteiger partial charge on any atom is -0.425 e. The van der Waals surface area contributed by atoms with E-state index < -0.39 is 29.3 Å². The molecule has 1 unspecified atom stereocenters. The summed E-state index contributed by atoms with van der Waals surface area (Å²) in [6.07, 6.45) is 12.2. The first kappa shape index (κ1) is 35.9. The molecule has 1 amide bonds. The summed E-state index contributed by atoms with van der Waals surface area (Å²) in [5.41, 5.74) is 0.458. The molecule has 1 aliphatic carbocycles. The predicted molar refractivity (Wildman–Crippen MR) is 160 cm³/mol. The van der Waals surface area contributed by atoms with E-state index in [0.29, 0.717) is 50.5 Å². The Morgan fingerprint density at radius 3 is 2.53 bits per heavy atom. The quantitative estimate of drug-likeness (QED) is 0.0438. The van der Waals surface area contributed by atoms with Crippen LogP contribution in [0.2, 0.25) is 0 Å². The van der Waals surface area contributed by atoms with Crippen LogP contribution in [0.25, 0.3) is 0 Å². The summed E-state index contributed by atoms with van der Waals surface area (Å²) in [4.78, 5) is 51.7. The van der Waals surface area contributed by atoms with Crippen LogP contribution in [0.3, 0.4) is 0 Å². The van der Waals surface area contributed by atoms with E-state index in [1.54, 1.807) is 12.1 Å². The fraction of sp³-hybridized carbons (Fsp3) is 0.656. The van der Waals surface area contributed by atoms with Gasteiger partial charge in [0.1, 0.15) is 24.2 Å². The summed E-state index contributed by atoms with van der Waals surface area (Å²) in [5, 5.41) is 33.0. The molecule has 1 fully saturated rings. The monoisotopic (exact) mass is 604 g/mol. The highest BCUT2D eigenvalue weighted by Crippen LogP contribution is 2.38. The topological polar surface area (TPSA) is 165 Å². The van der Waals surface area contributed by atoms with E-state index in [2.05, 4.69) is 17.1 Å². The van der Waals surface area contributed by atoms with Crippen LogP contribution in [0, 0.1) is 22.0 Å². The molecule has 1 aromatic rings. The van der Waals surface area contributed by atoms with Gasteiger partial charge in [0.15, 0.2) is 0 Å². The lowest BCUT2D eigenvalue weighted by Crippen LogP contribution is -2.40. The third-order valence-corrected chi connectivity index (χ3v) is 7.87. The lowest BCUT2D eigenvalue weighted by atomic mass is 9.86. The molecule has 5 atom stereocenters. The van der Waals surface area contributed by atoms with Crippen molar-refractivity contribution in [3.63, 3.8) is 0 Å². The zero-order valence-electron chi connectivity index (χ0n) is 25.4. The summed E-state index contributed by atoms with van der Waals surface area (Å²) in [6.45, 7) is 3.40. The standard InChI is InChI=1S/C32H48N2O9/c1-3-4-5-6-9-14-25(35)18-19-28-27(29(36)21-30(28)37)16-10-7-8-11-17-31(38)33-23(2)32(39)43-26-15-12-13-24(20-26)22-42-34(40)41/h7,10,12-13,15,20,23,27-30,36-37H,3-6,8-9,11,14,16-19,21-22H2,1-2H3,(H,33,38)/b10-7-/t23?,27-,28-,29+,30-/m1/s1. The number of esters is 1. The largest absolute Gasteiger partial charge is 0.425 e. The molecule has 3 N–H and O–H groups in total. The maximum absolute atomic E-state index is 12.4. The smallest absolute Gasteiger partial charge is 0.333 e. The van der Waals surface area contributed by atoms with Gasteiger partial charge in [0, 0.05) is 19.3 Å². The van der Waals surface area contributed by atoms with E-state index in [4.69, 9.17) is 4.74 Å². The van der Waals surface area contributed by atoms with E-state index in [0.717, 1.165) is 19.3 Å². The average molecular weight is 605 g/mol. The van der Waals surface area contributed by atoms with Crippen LogP contribution < -0.4 is 10.1 Å². The normalized spacial score (nSPS) is 20.6. The molecule has 11 heteroatoms. The van der Waals surface area contributed by atoms with Gasteiger partial charge in [0.05, 0.1) is 12.2 Å². The van der Waals surface area contributed by atoms with Crippen LogP contribution >= 0.6 is 0 Å². The summed E-state index contributed by atoms with van der Waals surface area (Å²) in [7, 11) is 0. The van der Waals surface area contributed by atoms with Gasteiger partial charge in [-0.1, -0.05) is 56.9 Å². The number of carbonyl (C=O) groups is 3. The maximum atomic E-state index is 12.4. The summed E-state index contributed by atoms with van der Waals surface area (Å²) in [5.74, 6) is -0.744. The zero-order valence-corrected chi connectivity index (χ0v) is 25.4. The van der Waals surface area contributed by atoms with Crippen molar-refractivity contribution >= 4 is 17.7 Å². The molecular weight excluding hydrogens is 556 g/mol. The van der Waals surface area contributed by atoms with Crippen molar-refractivity contribution in [1.29, 1.82) is 0 Å². The number of hydrogen-bond acceptors (Lipinski definition) is 9. The molecule has 1 aromatic carbocycles. The van der Waals surface area contributed by atoms with Crippen LogP contribution in [0.5, 0.6) is 5.75 Å². The van der Waals surface area contributed by atoms with Crippen LogP contribution in [0.4, 0.5) is 0 Å². The van der Waals surface area contributed by atoms with E-state index >= 15 is 0 Å². The Balaban J connectivity index is 1.67. The van der Waals surface area contributed by atoms with Gasteiger partial charge in [0.2, 0.25) is 5.91 Å². The fourth-order valence-electron chi connectivity index (χ4n) is 5.44. The molecule has 240 valence electrons. The number of nitrogens with one attached hydrogen (secondary N) is 1. The SMILES string of the molecule is CCCCCCCC(=O)CC[C@@H]1[C@@H](C/C=C\CCCC(=O)NC(C)C(=O)Oc2cccc(CO[N+](=O)[O-])c2)[C@@H](O)C[C@H]1O. The van der Waals surface area contributed by atoms with Gasteiger partial charge >= 0.3 is 5.97 Å². The Labute approximate surface area is 254 Å². The van der Waals surface area contributed by atoms with Crippen molar-refractivity contribution in [3.8, 4) is 5.75 Å². The number of aliphatic hydroxyl groups excluding tert-OH is 2. The van der Waals surface area contributed by atoms with Crippen molar-refractivity contribution in [1.82, 2.24) is 5.32 Å². The molecule has 0 aliphatic heterocycles. The highest BCUT2D eigenvalue weighted by atomic mass is 16.9. The van der Waals surface area contributed by atoms with Crippen molar-refractivity contribution in [3.05, 3.63) is 52.1 Å². The highest BCUT2D eigenvalue weighted by Gasteiger charge is 2.40. The number of ketones is 1. The number of Topliss-reactive ketones (excluding diaryl/α,β-unsaturated/α-hetero) is 1. The number of nitrogens with zero attached hydrogens (tertiary/aromatic N) is 1. The second-order valence-electron chi connectivity index (χ2n) is 11.4. The lowest BCUT2D eigenvalue weighted by Gasteiger charge is -2.22. The van der Waals surface area contributed by atoms with Crippen molar-refractivity contribution in [2.75, 3.05) is 0 Å². The second-order valence-corrected chi connectivity index (χ2v) is 11.4. The van der Waals surface area contributed by atoms with Crippen LogP contribution in [0.15, 0.2) is 36.4 Å². The molecule has 0 heterocycles. The molecule has 0 saturated heterocycles. The van der Waals surface area contributed by atoms with Crippen LogP contribution in [0.1, 0.15) is 103 Å². The average Bonchev–Trinajstić information content (AvgIpc) is 3.23. The Kier molecular flexibility index (Phi) is 16.5. The first-order chi connectivity index (χ1) is 20.6. The minimum atomic E-state index is -0.907. The molecule has 11 nitrogen and oxygen atoms in total. The number of allylic oxidation sites excluding steroid dienone is 2. The van der Waals surface area contributed by atoms with Gasteiger partial charge in [-0.3, -0.25) is 9.59 Å². The Morgan fingerprint density at radius 2 is 1.79 bits per heavy atom. The van der Waals surface area contributed by atoms with Gasteiger partial charge in [-0.25, -0.2) is 4.79 Å². The third kappa shape index (κ3) is 14.1. The van der Waals surface area contributed by atoms with E-state index in [-0.39, 0.29) is 42.3 Å². The third-order valence-electron chi connectivity index (χ3n) is 7.87. The molecule has 0 aromatic heterocycles. The van der Waals surface area contributed by atoms with E-state index in [9.17, 15) is 34.7 Å². The van der Waals surface area contributed by atoms with E-state index in [1.165, 1.54) is 31.9 Å². The van der Waals surface area contributed by atoms with Crippen LogP contribution in [-0.2, 0) is 25.8 Å². The predicted octanol–water partition coefficient (Wildman–Crippen LogP) is 4.99. The minimum absolute atomic E-state index is 0.0972. The highest BCUT2D eigenvalue weighted by molar-refractivity contribution is 5.85. The molecule has 0 radical (unpaired) electrons. The summed E-state index contributed by atoms with van der Waals surface area (Å²) >= 11 is 0. The lowest BCUT2D eigenvalue weighted by molar-refractivity contribution is -0.763.